The molecule has 1 amide bonds. The van der Waals surface area contributed by atoms with Crippen LogP contribution in [0.4, 0.5) is 0 Å². The number of halogens is 1. The molecule has 19 heavy (non-hydrogen) atoms. The number of hydrogen-bond acceptors (Lipinski definition) is 4. The molecule has 0 saturated heterocycles. The molecule has 6 nitrogen and oxygen atoms in total. The van der Waals surface area contributed by atoms with Crippen molar-refractivity contribution in [2.45, 2.75) is 27.3 Å². The van der Waals surface area contributed by atoms with Gasteiger partial charge in [-0.1, -0.05) is 0 Å². The summed E-state index contributed by atoms with van der Waals surface area (Å²) in [6.07, 6.45) is 0. The lowest BCUT2D eigenvalue weighted by Crippen LogP contribution is -2.29. The van der Waals surface area contributed by atoms with Gasteiger partial charge in [0.1, 0.15) is 5.76 Å². The zero-order valence-electron chi connectivity index (χ0n) is 11.0. The zero-order valence-corrected chi connectivity index (χ0v) is 12.5. The van der Waals surface area contributed by atoms with Crippen LogP contribution in [0.1, 0.15) is 33.3 Å². The second-order valence-electron chi connectivity index (χ2n) is 4.31. The minimum atomic E-state index is -0.441. The summed E-state index contributed by atoms with van der Waals surface area (Å²) in [5.41, 5.74) is 4.91. The molecule has 102 valence electrons. The number of nitrogens with one attached hydrogen (secondary N) is 1. The van der Waals surface area contributed by atoms with E-state index in [-0.39, 0.29) is 5.76 Å². The fourth-order valence-electron chi connectivity index (χ4n) is 1.85. The number of hydrogen-bond donors (Lipinski definition) is 2. The highest BCUT2D eigenvalue weighted by atomic mass is 79.9. The molecule has 0 spiro atoms. The van der Waals surface area contributed by atoms with Crippen molar-refractivity contribution in [3.63, 3.8) is 0 Å². The second kappa shape index (κ2) is 5.18. The summed E-state index contributed by atoms with van der Waals surface area (Å²) in [5.74, 6) is 5.53. The molecule has 0 aromatic carbocycles. The molecule has 0 aliphatic carbocycles. The van der Waals surface area contributed by atoms with Gasteiger partial charge in [0.25, 0.3) is 0 Å². The fraction of sp³-hybridized carbons (Fsp3) is 0.333. The number of amides is 1. The van der Waals surface area contributed by atoms with Gasteiger partial charge in [0.2, 0.25) is 0 Å². The molecule has 3 N–H and O–H groups in total. The first-order valence-corrected chi connectivity index (χ1v) is 6.53. The Morgan fingerprint density at radius 3 is 2.74 bits per heavy atom. The molecular weight excluding hydrogens is 312 g/mol. The molecule has 0 aliphatic heterocycles. The molecule has 2 heterocycles. The lowest BCUT2D eigenvalue weighted by atomic mass is 10.2. The molecule has 7 heteroatoms. The Kier molecular flexibility index (Phi) is 3.77. The lowest BCUT2D eigenvalue weighted by molar-refractivity contribution is 0.0924. The van der Waals surface area contributed by atoms with E-state index in [1.807, 2.05) is 30.9 Å². The van der Waals surface area contributed by atoms with Gasteiger partial charge in [0.15, 0.2) is 5.76 Å². The van der Waals surface area contributed by atoms with E-state index in [2.05, 4.69) is 21.0 Å². The van der Waals surface area contributed by atoms with E-state index >= 15 is 0 Å². The van der Waals surface area contributed by atoms with E-state index in [4.69, 9.17) is 10.3 Å². The van der Waals surface area contributed by atoms with E-state index in [9.17, 15) is 4.79 Å². The second-order valence-corrected chi connectivity index (χ2v) is 5.10. The summed E-state index contributed by atoms with van der Waals surface area (Å²) >= 11 is 3.48. The highest BCUT2D eigenvalue weighted by Gasteiger charge is 2.16. The third-order valence-electron chi connectivity index (χ3n) is 2.99. The predicted octanol–water partition coefficient (Wildman–Crippen LogP) is 1.82. The fourth-order valence-corrected chi connectivity index (χ4v) is 2.13. The van der Waals surface area contributed by atoms with Crippen LogP contribution in [0, 0.1) is 20.8 Å². The minimum Gasteiger partial charge on any atom is -0.456 e. The summed E-state index contributed by atoms with van der Waals surface area (Å²) in [4.78, 5) is 11.4. The van der Waals surface area contributed by atoms with Gasteiger partial charge in [0, 0.05) is 5.56 Å². The van der Waals surface area contributed by atoms with Crippen molar-refractivity contribution in [3.05, 3.63) is 39.0 Å². The van der Waals surface area contributed by atoms with Gasteiger partial charge in [0.05, 0.1) is 22.4 Å². The Balaban J connectivity index is 2.31. The summed E-state index contributed by atoms with van der Waals surface area (Å²) in [5, 5.41) is 4.42. The lowest BCUT2D eigenvalue weighted by Gasteiger charge is -2.02. The van der Waals surface area contributed by atoms with Crippen molar-refractivity contribution in [2.24, 2.45) is 5.84 Å². The van der Waals surface area contributed by atoms with Gasteiger partial charge in [-0.15, -0.1) is 0 Å². The smallest absolute Gasteiger partial charge is 0.300 e. The van der Waals surface area contributed by atoms with Crippen LogP contribution in [0.5, 0.6) is 0 Å². The number of carbonyl (C=O) groups excluding carboxylic acids is 1. The number of nitrogens with zero attached hydrogens (tertiary/aromatic N) is 2. The molecule has 0 fully saturated rings. The Bertz CT molecular complexity index is 630. The molecule has 2 rings (SSSR count). The van der Waals surface area contributed by atoms with E-state index in [0.717, 1.165) is 21.4 Å². The van der Waals surface area contributed by atoms with Gasteiger partial charge in [-0.05, 0) is 42.8 Å². The molecule has 2 aromatic rings. The SMILES string of the molecule is Cc1nn(Cc2cc(C(=O)NN)oc2C)c(C)c1Br. The summed E-state index contributed by atoms with van der Waals surface area (Å²) in [6, 6.07) is 1.68. The number of carbonyl (C=O) groups is 1. The van der Waals surface area contributed by atoms with Crippen molar-refractivity contribution >= 4 is 21.8 Å². The third-order valence-corrected chi connectivity index (χ3v) is 4.14. The van der Waals surface area contributed by atoms with Crippen LogP contribution >= 0.6 is 15.9 Å². The Hall–Kier alpha value is -1.60. The molecular formula is C12H15BrN4O2. The molecule has 2 aromatic heterocycles. The van der Waals surface area contributed by atoms with Crippen molar-refractivity contribution < 1.29 is 9.21 Å². The van der Waals surface area contributed by atoms with Gasteiger partial charge >= 0.3 is 5.91 Å². The van der Waals surface area contributed by atoms with E-state index in [1.54, 1.807) is 6.07 Å². The normalized spacial score (nSPS) is 10.8. The number of hydrazine groups is 1. The summed E-state index contributed by atoms with van der Waals surface area (Å²) in [6.45, 7) is 6.27. The van der Waals surface area contributed by atoms with Gasteiger partial charge < -0.3 is 4.42 Å². The first kappa shape index (κ1) is 13.8. The van der Waals surface area contributed by atoms with Crippen LogP contribution in [0.25, 0.3) is 0 Å². The largest absolute Gasteiger partial charge is 0.456 e. The average molecular weight is 327 g/mol. The molecule has 0 aliphatic rings. The van der Waals surface area contributed by atoms with Crippen LogP contribution < -0.4 is 11.3 Å². The van der Waals surface area contributed by atoms with Crippen LogP contribution in [0.2, 0.25) is 0 Å². The van der Waals surface area contributed by atoms with Crippen molar-refractivity contribution in [3.8, 4) is 0 Å². The molecule has 0 bridgehead atoms. The third kappa shape index (κ3) is 2.57. The Morgan fingerprint density at radius 2 is 2.21 bits per heavy atom. The topological polar surface area (TPSA) is 86.1 Å². The number of aromatic nitrogens is 2. The van der Waals surface area contributed by atoms with Crippen LogP contribution in [0.15, 0.2) is 15.0 Å². The van der Waals surface area contributed by atoms with Crippen LogP contribution in [0.3, 0.4) is 0 Å². The molecule has 0 unspecified atom stereocenters. The van der Waals surface area contributed by atoms with Gasteiger partial charge in [-0.25, -0.2) is 5.84 Å². The highest BCUT2D eigenvalue weighted by Crippen LogP contribution is 2.22. The van der Waals surface area contributed by atoms with Crippen LogP contribution in [-0.4, -0.2) is 15.7 Å². The van der Waals surface area contributed by atoms with Gasteiger partial charge in [-0.3, -0.25) is 14.9 Å². The monoisotopic (exact) mass is 326 g/mol. The number of rotatable bonds is 3. The van der Waals surface area contributed by atoms with Crippen LogP contribution in [-0.2, 0) is 6.54 Å². The standard InChI is InChI=1S/C12H15BrN4O2/c1-6-11(13)7(2)17(16-6)5-9-4-10(12(18)15-14)19-8(9)3/h4H,5,14H2,1-3H3,(H,15,18). The first-order valence-electron chi connectivity index (χ1n) is 5.73. The number of nitrogen functional groups attached to an aromatic ring is 1. The number of aryl methyl sites for hydroxylation is 2. The van der Waals surface area contributed by atoms with Crippen molar-refractivity contribution in [1.29, 1.82) is 0 Å². The minimum absolute atomic E-state index is 0.204. The quantitative estimate of drug-likeness (QED) is 0.511. The van der Waals surface area contributed by atoms with Gasteiger partial charge in [-0.2, -0.15) is 5.10 Å². The Morgan fingerprint density at radius 1 is 1.53 bits per heavy atom. The molecule has 0 atom stereocenters. The Labute approximate surface area is 119 Å². The summed E-state index contributed by atoms with van der Waals surface area (Å²) < 4.78 is 8.23. The van der Waals surface area contributed by atoms with Crippen molar-refractivity contribution in [2.75, 3.05) is 0 Å². The maximum atomic E-state index is 11.4. The zero-order chi connectivity index (χ0) is 14.2. The predicted molar refractivity (Wildman–Crippen MR) is 73.6 cm³/mol. The maximum Gasteiger partial charge on any atom is 0.300 e. The van der Waals surface area contributed by atoms with Crippen molar-refractivity contribution in [1.82, 2.24) is 15.2 Å². The highest BCUT2D eigenvalue weighted by molar-refractivity contribution is 9.10. The molecule has 0 radical (unpaired) electrons. The summed E-state index contributed by atoms with van der Waals surface area (Å²) in [7, 11) is 0. The first-order chi connectivity index (χ1) is 8.93. The maximum absolute atomic E-state index is 11.4. The molecule has 0 saturated carbocycles. The number of nitrogens with two attached hydrogens (primary N) is 1. The van der Waals surface area contributed by atoms with E-state index in [1.165, 1.54) is 0 Å². The average Bonchev–Trinajstić information content (AvgIpc) is 2.86. The number of furan rings is 1. The van der Waals surface area contributed by atoms with E-state index in [0.29, 0.717) is 12.3 Å². The van der Waals surface area contributed by atoms with E-state index < -0.39 is 5.91 Å².